The van der Waals surface area contributed by atoms with Gasteiger partial charge in [-0.25, -0.2) is 0 Å². The predicted molar refractivity (Wildman–Crippen MR) is 52.2 cm³/mol. The zero-order chi connectivity index (χ0) is 8.81. The van der Waals surface area contributed by atoms with E-state index in [1.165, 1.54) is 0 Å². The van der Waals surface area contributed by atoms with Crippen LogP contribution in [0.5, 0.6) is 0 Å². The smallest absolute Gasteiger partial charge is 0.0230 e. The minimum Gasteiger partial charge on any atom is -0.357 e. The fourth-order valence-electron chi connectivity index (χ4n) is 0.841. The van der Waals surface area contributed by atoms with Gasteiger partial charge < -0.3 is 4.57 Å². The van der Waals surface area contributed by atoms with Crippen molar-refractivity contribution in [1.82, 2.24) is 4.57 Å². The fourth-order valence-corrected chi connectivity index (χ4v) is 0.841. The fraction of sp³-hybridized carbons (Fsp3) is 0.300. The maximum Gasteiger partial charge on any atom is 0.0230 e. The quantitative estimate of drug-likeness (QED) is 0.556. The highest BCUT2D eigenvalue weighted by Crippen LogP contribution is 1.98. The normalized spacial score (nSPS) is 19.0. The van der Waals surface area contributed by atoms with E-state index in [0.29, 0.717) is 5.92 Å². The van der Waals surface area contributed by atoms with Crippen molar-refractivity contribution in [3.8, 4) is 0 Å². The van der Waals surface area contributed by atoms with Gasteiger partial charge in [0.2, 0.25) is 0 Å². The zero-order valence-electron chi connectivity index (χ0n) is 7.51. The van der Waals surface area contributed by atoms with Gasteiger partial charge in [-0.05, 0) is 12.1 Å². The van der Waals surface area contributed by atoms with E-state index in [-0.39, 0.29) is 0 Å². The average Bonchev–Trinajstić information content (AvgIpc) is 2.63. The minimum atomic E-state index is 0.574. The molecule has 12 heavy (non-hydrogen) atoms. The Kier molecular flexibility index (Phi) is 3.33. The van der Waals surface area contributed by atoms with Crippen molar-refractivity contribution < 1.29 is 0 Å². The first-order valence-electron chi connectivity index (χ1n) is 4.06. The van der Waals surface area contributed by atoms with E-state index in [2.05, 4.69) is 18.0 Å². The van der Waals surface area contributed by atoms with Crippen molar-refractivity contribution >= 4 is 6.21 Å². The van der Waals surface area contributed by atoms with Gasteiger partial charge in [0.05, 0.1) is 0 Å². The second kappa shape index (κ2) is 4.54. The third-order valence-corrected chi connectivity index (χ3v) is 1.55. The summed E-state index contributed by atoms with van der Waals surface area (Å²) >= 11 is 0. The highest BCUT2D eigenvalue weighted by atomic mass is 14.9. The zero-order valence-corrected chi connectivity index (χ0v) is 7.51. The lowest BCUT2D eigenvalue weighted by Gasteiger charge is -1.81. The Morgan fingerprint density at radius 1 is 1.25 bits per heavy atom. The van der Waals surface area contributed by atoms with Crippen LogP contribution in [0.4, 0.5) is 0 Å². The lowest BCUT2D eigenvalue weighted by molar-refractivity contribution is 0.928. The molecular formula is C10H14N2. The molecule has 1 aliphatic rings. The Balaban J connectivity index is 0.000000120. The summed E-state index contributed by atoms with van der Waals surface area (Å²) < 4.78 is 2.00. The van der Waals surface area contributed by atoms with Crippen LogP contribution in [0.2, 0.25) is 0 Å². The molecule has 0 fully saturated rings. The Labute approximate surface area is 73.2 Å². The van der Waals surface area contributed by atoms with Crippen LogP contribution in [0.3, 0.4) is 0 Å². The number of hydrogen-bond acceptors (Lipinski definition) is 1. The van der Waals surface area contributed by atoms with Gasteiger partial charge >= 0.3 is 0 Å². The van der Waals surface area contributed by atoms with Gasteiger partial charge in [-0.1, -0.05) is 13.0 Å². The molecule has 2 rings (SSSR count). The van der Waals surface area contributed by atoms with E-state index in [9.17, 15) is 0 Å². The Hall–Kier alpha value is -1.31. The van der Waals surface area contributed by atoms with Gasteiger partial charge in [0.25, 0.3) is 0 Å². The van der Waals surface area contributed by atoms with E-state index in [1.54, 1.807) is 0 Å². The maximum atomic E-state index is 3.86. The molecule has 0 aliphatic carbocycles. The summed E-state index contributed by atoms with van der Waals surface area (Å²) in [6, 6.07) is 4.00. The first-order chi connectivity index (χ1) is 5.79. The van der Waals surface area contributed by atoms with E-state index >= 15 is 0 Å². The number of hydrogen-bond donors (Lipinski definition) is 0. The molecule has 1 atom stereocenters. The number of rotatable bonds is 0. The molecule has 2 heteroatoms. The van der Waals surface area contributed by atoms with Gasteiger partial charge in [-0.2, -0.15) is 0 Å². The second-order valence-electron chi connectivity index (χ2n) is 2.85. The Morgan fingerprint density at radius 3 is 2.08 bits per heavy atom. The third-order valence-electron chi connectivity index (χ3n) is 1.55. The van der Waals surface area contributed by atoms with Gasteiger partial charge in [0.15, 0.2) is 0 Å². The molecule has 0 bridgehead atoms. The molecule has 1 aromatic rings. The molecule has 0 saturated carbocycles. The molecule has 0 N–H and O–H groups in total. The minimum absolute atomic E-state index is 0.574. The summed E-state index contributed by atoms with van der Waals surface area (Å²) in [5.74, 6) is 0.574. The Morgan fingerprint density at radius 2 is 1.92 bits per heavy atom. The standard InChI is InChI=1S/2C5H7N/c1-5-2-3-6-4-5;1-6-4-2-3-5-6/h2*2-5H,1H3. The summed E-state index contributed by atoms with van der Waals surface area (Å²) in [6.07, 6.45) is 9.80. The van der Waals surface area contributed by atoms with Gasteiger partial charge in [-0.3, -0.25) is 4.99 Å². The van der Waals surface area contributed by atoms with Crippen molar-refractivity contribution in [1.29, 1.82) is 0 Å². The second-order valence-corrected chi connectivity index (χ2v) is 2.85. The van der Waals surface area contributed by atoms with E-state index in [1.807, 2.05) is 48.6 Å². The van der Waals surface area contributed by atoms with Crippen molar-refractivity contribution in [3.63, 3.8) is 0 Å². The van der Waals surface area contributed by atoms with Gasteiger partial charge in [0, 0.05) is 37.8 Å². The molecule has 1 unspecified atom stereocenters. The van der Waals surface area contributed by atoms with E-state index < -0.39 is 0 Å². The topological polar surface area (TPSA) is 17.3 Å². The molecule has 2 heterocycles. The monoisotopic (exact) mass is 162 g/mol. The third kappa shape index (κ3) is 3.19. The van der Waals surface area contributed by atoms with Gasteiger partial charge in [0.1, 0.15) is 0 Å². The van der Waals surface area contributed by atoms with Crippen LogP contribution < -0.4 is 0 Å². The van der Waals surface area contributed by atoms with Crippen LogP contribution in [0.15, 0.2) is 41.8 Å². The molecule has 0 radical (unpaired) electrons. The molecule has 0 saturated heterocycles. The average molecular weight is 162 g/mol. The van der Waals surface area contributed by atoms with Crippen LogP contribution in [0, 0.1) is 5.92 Å². The van der Waals surface area contributed by atoms with Crippen LogP contribution in [0.25, 0.3) is 0 Å². The number of aryl methyl sites for hydroxylation is 1. The molecule has 1 aliphatic heterocycles. The van der Waals surface area contributed by atoms with Crippen LogP contribution in [-0.2, 0) is 7.05 Å². The highest BCUT2D eigenvalue weighted by molar-refractivity contribution is 5.66. The lowest BCUT2D eigenvalue weighted by Crippen LogP contribution is -1.81. The van der Waals surface area contributed by atoms with Crippen molar-refractivity contribution in [2.24, 2.45) is 18.0 Å². The summed E-state index contributed by atoms with van der Waals surface area (Å²) in [4.78, 5) is 3.86. The summed E-state index contributed by atoms with van der Waals surface area (Å²) in [5, 5.41) is 0. The van der Waals surface area contributed by atoms with Gasteiger partial charge in [-0.15, -0.1) is 0 Å². The number of allylic oxidation sites excluding steroid dienone is 1. The van der Waals surface area contributed by atoms with E-state index in [0.717, 1.165) is 0 Å². The first-order valence-corrected chi connectivity index (χ1v) is 4.06. The number of aliphatic imine (C=N–C) groups is 1. The molecule has 0 aromatic carbocycles. The molecule has 64 valence electrons. The van der Waals surface area contributed by atoms with Crippen molar-refractivity contribution in [2.45, 2.75) is 6.92 Å². The van der Waals surface area contributed by atoms with Crippen LogP contribution in [-0.4, -0.2) is 10.8 Å². The molecular weight excluding hydrogens is 148 g/mol. The summed E-state index contributed by atoms with van der Waals surface area (Å²) in [7, 11) is 2.00. The maximum absolute atomic E-state index is 3.86. The van der Waals surface area contributed by atoms with Crippen molar-refractivity contribution in [2.75, 3.05) is 0 Å². The molecule has 2 nitrogen and oxygen atoms in total. The summed E-state index contributed by atoms with van der Waals surface area (Å²) in [5.41, 5.74) is 0. The van der Waals surface area contributed by atoms with E-state index in [4.69, 9.17) is 0 Å². The lowest BCUT2D eigenvalue weighted by atomic mass is 10.2. The highest BCUT2D eigenvalue weighted by Gasteiger charge is 1.91. The predicted octanol–water partition coefficient (Wildman–Crippen LogP) is 2.25. The SMILES string of the molecule is CC1C=CN=C1.Cn1cccc1. The van der Waals surface area contributed by atoms with Crippen LogP contribution >= 0.6 is 0 Å². The Bertz CT molecular complexity index is 245. The first kappa shape index (κ1) is 8.78. The van der Waals surface area contributed by atoms with Crippen LogP contribution in [0.1, 0.15) is 6.92 Å². The molecule has 1 aromatic heterocycles. The number of nitrogens with zero attached hydrogens (tertiary/aromatic N) is 2. The summed E-state index contributed by atoms with van der Waals surface area (Å²) in [6.45, 7) is 2.10. The largest absolute Gasteiger partial charge is 0.357 e. The van der Waals surface area contributed by atoms with Crippen molar-refractivity contribution in [3.05, 3.63) is 36.8 Å². The molecule has 0 spiro atoms. The number of aromatic nitrogens is 1. The molecule has 0 amide bonds.